The largest absolute Gasteiger partial charge is 0.456 e. The van der Waals surface area contributed by atoms with Crippen molar-refractivity contribution < 1.29 is 18.7 Å². The molecule has 0 saturated carbocycles. The van der Waals surface area contributed by atoms with Crippen LogP contribution in [0.2, 0.25) is 0 Å². The number of nitrogens with zero attached hydrogens (tertiary/aromatic N) is 1. The number of hydrogen-bond acceptors (Lipinski definition) is 4. The first-order chi connectivity index (χ1) is 10.5. The van der Waals surface area contributed by atoms with Crippen molar-refractivity contribution in [2.45, 2.75) is 6.92 Å². The number of methoxy groups -OCH3 is 1. The first-order valence-electron chi connectivity index (χ1n) is 6.37. The quantitative estimate of drug-likeness (QED) is 0.930. The van der Waals surface area contributed by atoms with Crippen molar-refractivity contribution >= 4 is 11.8 Å². The maximum absolute atomic E-state index is 13.9. The Kier molecular flexibility index (Phi) is 4.59. The molecule has 22 heavy (non-hydrogen) atoms. The second kappa shape index (κ2) is 6.59. The second-order valence-corrected chi connectivity index (χ2v) is 4.42. The van der Waals surface area contributed by atoms with Crippen molar-refractivity contribution in [3.8, 4) is 17.6 Å². The standard InChI is InChI=1S/C16H13FN2O3/c1-10-5-3-4-6-14(10)22-15-8-13(19-16(20)21-2)12(17)7-11(15)9-18/h3-8H,1-2H3,(H,19,20). The van der Waals surface area contributed by atoms with Gasteiger partial charge in [0.2, 0.25) is 0 Å². The summed E-state index contributed by atoms with van der Waals surface area (Å²) in [5, 5.41) is 11.3. The van der Waals surface area contributed by atoms with E-state index in [4.69, 9.17) is 10.00 Å². The van der Waals surface area contributed by atoms with Gasteiger partial charge < -0.3 is 9.47 Å². The summed E-state index contributed by atoms with van der Waals surface area (Å²) in [5.74, 6) is -0.0710. The molecule has 2 rings (SSSR count). The molecule has 0 unspecified atom stereocenters. The number of anilines is 1. The molecule has 2 aromatic carbocycles. The average Bonchev–Trinajstić information content (AvgIpc) is 2.52. The smallest absolute Gasteiger partial charge is 0.411 e. The number of carbonyl (C=O) groups excluding carboxylic acids is 1. The lowest BCUT2D eigenvalue weighted by Crippen LogP contribution is -2.12. The summed E-state index contributed by atoms with van der Waals surface area (Å²) in [5.41, 5.74) is 0.754. The highest BCUT2D eigenvalue weighted by Crippen LogP contribution is 2.31. The number of ether oxygens (including phenoxy) is 2. The molecule has 0 saturated heterocycles. The number of para-hydroxylation sites is 1. The van der Waals surface area contributed by atoms with Crippen molar-refractivity contribution in [2.24, 2.45) is 0 Å². The molecule has 0 aliphatic rings. The van der Waals surface area contributed by atoms with Crippen molar-refractivity contribution in [3.05, 3.63) is 53.3 Å². The third-order valence-electron chi connectivity index (χ3n) is 2.93. The molecule has 0 atom stereocenters. The van der Waals surface area contributed by atoms with Gasteiger partial charge in [0.05, 0.1) is 18.4 Å². The predicted octanol–water partition coefficient (Wildman–Crippen LogP) is 3.98. The highest BCUT2D eigenvalue weighted by atomic mass is 19.1. The van der Waals surface area contributed by atoms with Gasteiger partial charge in [-0.2, -0.15) is 5.26 Å². The number of halogens is 1. The molecular formula is C16H13FN2O3. The Morgan fingerprint density at radius 2 is 2.00 bits per heavy atom. The first-order valence-corrected chi connectivity index (χ1v) is 6.37. The predicted molar refractivity (Wildman–Crippen MR) is 78.4 cm³/mol. The Hall–Kier alpha value is -3.07. The van der Waals surface area contributed by atoms with Crippen molar-refractivity contribution in [3.63, 3.8) is 0 Å². The van der Waals surface area contributed by atoms with Crippen LogP contribution in [0.5, 0.6) is 11.5 Å². The molecule has 0 aliphatic heterocycles. The minimum atomic E-state index is -0.814. The minimum Gasteiger partial charge on any atom is -0.456 e. The molecule has 6 heteroatoms. The lowest BCUT2D eigenvalue weighted by molar-refractivity contribution is 0.187. The number of benzene rings is 2. The van der Waals surface area contributed by atoms with Gasteiger partial charge in [-0.05, 0) is 24.6 Å². The average molecular weight is 300 g/mol. The van der Waals surface area contributed by atoms with Gasteiger partial charge in [-0.25, -0.2) is 9.18 Å². The van der Waals surface area contributed by atoms with Gasteiger partial charge in [0.1, 0.15) is 23.4 Å². The molecule has 5 nitrogen and oxygen atoms in total. The summed E-state index contributed by atoms with van der Waals surface area (Å²) in [7, 11) is 1.17. The van der Waals surface area contributed by atoms with Crippen molar-refractivity contribution in [2.75, 3.05) is 12.4 Å². The third-order valence-corrected chi connectivity index (χ3v) is 2.93. The molecule has 2 aromatic rings. The summed E-state index contributed by atoms with van der Waals surface area (Å²) in [6.07, 6.45) is -0.814. The molecule has 0 radical (unpaired) electrons. The Morgan fingerprint density at radius 1 is 1.27 bits per heavy atom. The number of carbonyl (C=O) groups is 1. The van der Waals surface area contributed by atoms with E-state index in [0.717, 1.165) is 11.6 Å². The molecule has 112 valence electrons. The van der Waals surface area contributed by atoms with E-state index >= 15 is 0 Å². The molecule has 1 N–H and O–H groups in total. The highest BCUT2D eigenvalue weighted by Gasteiger charge is 2.14. The van der Waals surface area contributed by atoms with E-state index in [1.807, 2.05) is 25.1 Å². The van der Waals surface area contributed by atoms with Gasteiger partial charge >= 0.3 is 6.09 Å². The summed E-state index contributed by atoms with van der Waals surface area (Å²) in [6.45, 7) is 1.85. The number of amides is 1. The monoisotopic (exact) mass is 300 g/mol. The zero-order valence-electron chi connectivity index (χ0n) is 12.0. The molecule has 0 aromatic heterocycles. The van der Waals surface area contributed by atoms with Gasteiger partial charge in [-0.1, -0.05) is 18.2 Å². The molecule has 0 heterocycles. The minimum absolute atomic E-state index is 0.0242. The molecule has 0 aliphatic carbocycles. The Labute approximate surface area is 126 Å². The van der Waals surface area contributed by atoms with Crippen LogP contribution in [0.15, 0.2) is 36.4 Å². The number of rotatable bonds is 3. The number of nitriles is 1. The summed E-state index contributed by atoms with van der Waals surface area (Å²) < 4.78 is 23.9. The SMILES string of the molecule is COC(=O)Nc1cc(Oc2ccccc2C)c(C#N)cc1F. The van der Waals surface area contributed by atoms with Gasteiger partial charge in [0, 0.05) is 6.07 Å². The fraction of sp³-hybridized carbons (Fsp3) is 0.125. The Balaban J connectivity index is 2.41. The molecule has 0 bridgehead atoms. The number of hydrogen-bond donors (Lipinski definition) is 1. The van der Waals surface area contributed by atoms with Crippen LogP contribution in [0, 0.1) is 24.1 Å². The van der Waals surface area contributed by atoms with Gasteiger partial charge in [0.25, 0.3) is 0 Å². The van der Waals surface area contributed by atoms with E-state index in [1.54, 1.807) is 12.1 Å². The van der Waals surface area contributed by atoms with Crippen LogP contribution in [0.4, 0.5) is 14.9 Å². The maximum Gasteiger partial charge on any atom is 0.411 e. The lowest BCUT2D eigenvalue weighted by atomic mass is 10.1. The van der Waals surface area contributed by atoms with E-state index in [-0.39, 0.29) is 17.0 Å². The molecule has 0 fully saturated rings. The van der Waals surface area contributed by atoms with Crippen molar-refractivity contribution in [1.29, 1.82) is 5.26 Å². The zero-order chi connectivity index (χ0) is 16.1. The molecule has 1 amide bonds. The van der Waals surface area contributed by atoms with Crippen LogP contribution in [-0.4, -0.2) is 13.2 Å². The number of nitrogens with one attached hydrogen (secondary N) is 1. The van der Waals surface area contributed by atoms with Crippen LogP contribution in [-0.2, 0) is 4.74 Å². The Bertz CT molecular complexity index is 754. The van der Waals surface area contributed by atoms with E-state index in [9.17, 15) is 9.18 Å². The van der Waals surface area contributed by atoms with Crippen LogP contribution in [0.1, 0.15) is 11.1 Å². The van der Waals surface area contributed by atoms with E-state index in [0.29, 0.717) is 5.75 Å². The van der Waals surface area contributed by atoms with Crippen LogP contribution in [0.25, 0.3) is 0 Å². The van der Waals surface area contributed by atoms with E-state index in [2.05, 4.69) is 10.1 Å². The summed E-state index contributed by atoms with van der Waals surface area (Å²) in [6, 6.07) is 11.3. The zero-order valence-corrected chi connectivity index (χ0v) is 12.0. The van der Waals surface area contributed by atoms with Gasteiger partial charge in [0.15, 0.2) is 0 Å². The van der Waals surface area contributed by atoms with E-state index < -0.39 is 11.9 Å². The fourth-order valence-electron chi connectivity index (χ4n) is 1.77. The van der Waals surface area contributed by atoms with Crippen LogP contribution >= 0.6 is 0 Å². The summed E-state index contributed by atoms with van der Waals surface area (Å²) in [4.78, 5) is 11.2. The highest BCUT2D eigenvalue weighted by molar-refractivity contribution is 5.85. The third kappa shape index (κ3) is 3.33. The normalized spacial score (nSPS) is 9.73. The number of aryl methyl sites for hydroxylation is 1. The van der Waals surface area contributed by atoms with Gasteiger partial charge in [-0.15, -0.1) is 0 Å². The molecule has 0 spiro atoms. The Morgan fingerprint density at radius 3 is 2.64 bits per heavy atom. The van der Waals surface area contributed by atoms with E-state index in [1.165, 1.54) is 13.2 Å². The molecular weight excluding hydrogens is 287 g/mol. The lowest BCUT2D eigenvalue weighted by Gasteiger charge is -2.12. The van der Waals surface area contributed by atoms with Crippen LogP contribution < -0.4 is 10.1 Å². The second-order valence-electron chi connectivity index (χ2n) is 4.42. The van der Waals surface area contributed by atoms with Gasteiger partial charge in [-0.3, -0.25) is 5.32 Å². The summed E-state index contributed by atoms with van der Waals surface area (Å²) >= 11 is 0. The van der Waals surface area contributed by atoms with Crippen molar-refractivity contribution in [1.82, 2.24) is 0 Å². The topological polar surface area (TPSA) is 71.3 Å². The van der Waals surface area contributed by atoms with Crippen LogP contribution in [0.3, 0.4) is 0 Å². The fourth-order valence-corrected chi connectivity index (χ4v) is 1.77. The maximum atomic E-state index is 13.9. The first kappa shape index (κ1) is 15.3.